The zero-order valence-corrected chi connectivity index (χ0v) is 12.0. The maximum Gasteiger partial charge on any atom is 0.272 e. The minimum absolute atomic E-state index is 0.112. The molecular formula is C12H10BrNO3S. The summed E-state index contributed by atoms with van der Waals surface area (Å²) >= 11 is 4.99. The van der Waals surface area contributed by atoms with E-state index >= 15 is 0 Å². The monoisotopic (exact) mass is 327 g/mol. The van der Waals surface area contributed by atoms with Crippen LogP contribution < -0.4 is 4.74 Å². The van der Waals surface area contributed by atoms with Gasteiger partial charge in [-0.2, -0.15) is 0 Å². The molecule has 6 heteroatoms. The number of thiophene rings is 1. The third kappa shape index (κ3) is 3.08. The summed E-state index contributed by atoms with van der Waals surface area (Å²) in [4.78, 5) is 11.4. The van der Waals surface area contributed by atoms with Gasteiger partial charge in [0.15, 0.2) is 0 Å². The van der Waals surface area contributed by atoms with Gasteiger partial charge in [-0.1, -0.05) is 0 Å². The molecule has 2 aromatic rings. The van der Waals surface area contributed by atoms with Crippen molar-refractivity contribution in [1.82, 2.24) is 0 Å². The number of nitro benzene ring substituents is 1. The second-order valence-electron chi connectivity index (χ2n) is 3.70. The molecule has 1 heterocycles. The first-order valence-corrected chi connectivity index (χ1v) is 6.79. The molecule has 2 rings (SSSR count). The summed E-state index contributed by atoms with van der Waals surface area (Å²) in [6, 6.07) is 8.71. The van der Waals surface area contributed by atoms with Crippen LogP contribution in [0.4, 0.5) is 5.69 Å². The van der Waals surface area contributed by atoms with Crippen molar-refractivity contribution in [2.45, 2.75) is 13.5 Å². The van der Waals surface area contributed by atoms with Crippen molar-refractivity contribution >= 4 is 33.0 Å². The van der Waals surface area contributed by atoms with E-state index in [-0.39, 0.29) is 5.69 Å². The highest BCUT2D eigenvalue weighted by Crippen LogP contribution is 2.26. The van der Waals surface area contributed by atoms with Gasteiger partial charge in [-0.15, -0.1) is 11.3 Å². The molecule has 0 radical (unpaired) electrons. The fourth-order valence-electron chi connectivity index (χ4n) is 1.51. The van der Waals surface area contributed by atoms with Gasteiger partial charge in [0.2, 0.25) is 0 Å². The molecule has 0 saturated carbocycles. The van der Waals surface area contributed by atoms with Gasteiger partial charge in [0.25, 0.3) is 5.69 Å². The van der Waals surface area contributed by atoms with Gasteiger partial charge in [0.05, 0.1) is 8.71 Å². The Balaban J connectivity index is 2.06. The highest BCUT2D eigenvalue weighted by molar-refractivity contribution is 9.11. The number of nitro groups is 1. The molecule has 0 unspecified atom stereocenters. The molecule has 0 atom stereocenters. The van der Waals surface area contributed by atoms with Gasteiger partial charge in [-0.3, -0.25) is 10.1 Å². The molecule has 0 aliphatic carbocycles. The number of benzene rings is 1. The van der Waals surface area contributed by atoms with Crippen LogP contribution in [-0.2, 0) is 6.61 Å². The molecule has 0 aliphatic rings. The summed E-state index contributed by atoms with van der Waals surface area (Å²) in [5.74, 6) is 0.641. The van der Waals surface area contributed by atoms with Crippen LogP contribution in [0, 0.1) is 17.0 Å². The van der Waals surface area contributed by atoms with Gasteiger partial charge in [0, 0.05) is 16.5 Å². The second kappa shape index (κ2) is 5.49. The molecule has 1 aromatic heterocycles. The fourth-order valence-corrected chi connectivity index (χ4v) is 2.90. The first kappa shape index (κ1) is 13.0. The lowest BCUT2D eigenvalue weighted by Crippen LogP contribution is -1.95. The van der Waals surface area contributed by atoms with Crippen molar-refractivity contribution in [2.24, 2.45) is 0 Å². The van der Waals surface area contributed by atoms with E-state index in [0.29, 0.717) is 17.9 Å². The molecule has 0 N–H and O–H groups in total. The highest BCUT2D eigenvalue weighted by atomic mass is 79.9. The third-order valence-corrected chi connectivity index (χ3v) is 3.97. The maximum absolute atomic E-state index is 10.7. The third-order valence-electron chi connectivity index (χ3n) is 2.37. The molecular weight excluding hydrogens is 318 g/mol. The van der Waals surface area contributed by atoms with E-state index in [2.05, 4.69) is 15.9 Å². The zero-order valence-electron chi connectivity index (χ0n) is 9.55. The molecule has 18 heavy (non-hydrogen) atoms. The average Bonchev–Trinajstić information content (AvgIpc) is 2.72. The van der Waals surface area contributed by atoms with Crippen molar-refractivity contribution in [1.29, 1.82) is 0 Å². The van der Waals surface area contributed by atoms with E-state index in [1.54, 1.807) is 30.4 Å². The summed E-state index contributed by atoms with van der Waals surface area (Å²) in [6.07, 6.45) is 0. The number of ether oxygens (including phenoxy) is 1. The van der Waals surface area contributed by atoms with Gasteiger partial charge >= 0.3 is 0 Å². The SMILES string of the molecule is Cc1cc(OCc2ccc(Br)s2)ccc1[N+](=O)[O-]. The van der Waals surface area contributed by atoms with Crippen molar-refractivity contribution in [3.8, 4) is 5.75 Å². The summed E-state index contributed by atoms with van der Waals surface area (Å²) in [5.41, 5.74) is 0.714. The van der Waals surface area contributed by atoms with Crippen LogP contribution in [0.15, 0.2) is 34.1 Å². The number of hydrogen-bond donors (Lipinski definition) is 0. The summed E-state index contributed by atoms with van der Waals surface area (Å²) in [7, 11) is 0. The zero-order chi connectivity index (χ0) is 13.1. The lowest BCUT2D eigenvalue weighted by Gasteiger charge is -2.05. The van der Waals surface area contributed by atoms with Crippen molar-refractivity contribution in [3.05, 3.63) is 54.7 Å². The Bertz CT molecular complexity index is 582. The van der Waals surface area contributed by atoms with E-state index in [0.717, 1.165) is 8.66 Å². The smallest absolute Gasteiger partial charge is 0.272 e. The van der Waals surface area contributed by atoms with E-state index in [1.165, 1.54) is 6.07 Å². The molecule has 0 aliphatic heterocycles. The van der Waals surface area contributed by atoms with Crippen LogP contribution in [0.2, 0.25) is 0 Å². The molecule has 4 nitrogen and oxygen atoms in total. The Hall–Kier alpha value is -1.40. The van der Waals surface area contributed by atoms with E-state index < -0.39 is 4.92 Å². The lowest BCUT2D eigenvalue weighted by molar-refractivity contribution is -0.385. The molecule has 0 amide bonds. The van der Waals surface area contributed by atoms with E-state index in [1.807, 2.05) is 12.1 Å². The number of nitrogens with zero attached hydrogens (tertiary/aromatic N) is 1. The summed E-state index contributed by atoms with van der Waals surface area (Å²) in [6.45, 7) is 2.17. The Morgan fingerprint density at radius 3 is 2.72 bits per heavy atom. The second-order valence-corrected chi connectivity index (χ2v) is 6.25. The standard InChI is InChI=1S/C12H10BrNO3S/c1-8-6-9(2-4-11(8)14(15)16)17-7-10-3-5-12(13)18-10/h2-6H,7H2,1H3. The molecule has 0 spiro atoms. The van der Waals surface area contributed by atoms with Crippen molar-refractivity contribution in [2.75, 3.05) is 0 Å². The van der Waals surface area contributed by atoms with Gasteiger partial charge in [-0.05, 0) is 47.1 Å². The van der Waals surface area contributed by atoms with Crippen LogP contribution >= 0.6 is 27.3 Å². The number of rotatable bonds is 4. The first-order valence-electron chi connectivity index (χ1n) is 5.18. The Morgan fingerprint density at radius 1 is 1.39 bits per heavy atom. The average molecular weight is 328 g/mol. The van der Waals surface area contributed by atoms with Crippen molar-refractivity contribution < 1.29 is 9.66 Å². The van der Waals surface area contributed by atoms with Crippen LogP contribution in [0.1, 0.15) is 10.4 Å². The van der Waals surface area contributed by atoms with Crippen LogP contribution in [0.3, 0.4) is 0 Å². The predicted molar refractivity (Wildman–Crippen MR) is 74.2 cm³/mol. The number of hydrogen-bond acceptors (Lipinski definition) is 4. The Kier molecular flexibility index (Phi) is 3.98. The quantitative estimate of drug-likeness (QED) is 0.621. The minimum Gasteiger partial charge on any atom is -0.488 e. The minimum atomic E-state index is -0.393. The normalized spacial score (nSPS) is 10.3. The molecule has 1 aromatic carbocycles. The first-order chi connectivity index (χ1) is 8.56. The molecule has 0 fully saturated rings. The topological polar surface area (TPSA) is 52.4 Å². The predicted octanol–water partition coefficient (Wildman–Crippen LogP) is 4.31. The summed E-state index contributed by atoms with van der Waals surface area (Å²) in [5, 5.41) is 10.7. The van der Waals surface area contributed by atoms with Gasteiger partial charge < -0.3 is 4.74 Å². The molecule has 94 valence electrons. The van der Waals surface area contributed by atoms with Crippen LogP contribution in [0.25, 0.3) is 0 Å². The largest absolute Gasteiger partial charge is 0.488 e. The summed E-state index contributed by atoms with van der Waals surface area (Å²) < 4.78 is 6.64. The van der Waals surface area contributed by atoms with Crippen LogP contribution in [-0.4, -0.2) is 4.92 Å². The van der Waals surface area contributed by atoms with Gasteiger partial charge in [-0.25, -0.2) is 0 Å². The maximum atomic E-state index is 10.7. The molecule has 0 bridgehead atoms. The van der Waals surface area contributed by atoms with E-state index in [4.69, 9.17) is 4.74 Å². The van der Waals surface area contributed by atoms with Gasteiger partial charge in [0.1, 0.15) is 12.4 Å². The van der Waals surface area contributed by atoms with E-state index in [9.17, 15) is 10.1 Å². The fraction of sp³-hybridized carbons (Fsp3) is 0.167. The lowest BCUT2D eigenvalue weighted by atomic mass is 10.2. The van der Waals surface area contributed by atoms with Crippen molar-refractivity contribution in [3.63, 3.8) is 0 Å². The van der Waals surface area contributed by atoms with Crippen LogP contribution in [0.5, 0.6) is 5.75 Å². The highest BCUT2D eigenvalue weighted by Gasteiger charge is 2.10. The Morgan fingerprint density at radius 2 is 2.17 bits per heavy atom. The number of aryl methyl sites for hydroxylation is 1. The molecule has 0 saturated heterocycles. The Labute approximate surface area is 116 Å². The number of halogens is 1.